The Morgan fingerprint density at radius 3 is 2.64 bits per heavy atom. The van der Waals surface area contributed by atoms with Crippen LogP contribution in [0.3, 0.4) is 0 Å². The predicted octanol–water partition coefficient (Wildman–Crippen LogP) is 2.00. The van der Waals surface area contributed by atoms with Gasteiger partial charge < -0.3 is 9.84 Å². The van der Waals surface area contributed by atoms with Crippen LogP contribution in [0, 0.1) is 0 Å². The van der Waals surface area contributed by atoms with Crippen LogP contribution in [-0.4, -0.2) is 55.8 Å². The van der Waals surface area contributed by atoms with Crippen molar-refractivity contribution in [2.45, 2.75) is 24.3 Å². The molecule has 1 unspecified atom stereocenters. The van der Waals surface area contributed by atoms with Crippen LogP contribution in [0.4, 0.5) is 0 Å². The summed E-state index contributed by atoms with van der Waals surface area (Å²) in [5, 5.41) is 17.5. The standard InChI is InChI=1S/C20H23N3O4S/c1-13(23-6-8-27-9-7-23)10-15-12-18-16(19(24)20(15)28(21,25)26)11-14-4-2-3-5-17(14)22-18/h2-5,11-13,24H,6-10H2,1H3,(H2,21,25,26). The van der Waals surface area contributed by atoms with E-state index in [9.17, 15) is 13.5 Å². The normalized spacial score (nSPS) is 17.2. The first-order valence-electron chi connectivity index (χ1n) is 9.23. The van der Waals surface area contributed by atoms with Crippen LogP contribution in [0.5, 0.6) is 5.75 Å². The van der Waals surface area contributed by atoms with E-state index in [0.29, 0.717) is 36.1 Å². The number of pyridine rings is 1. The smallest absolute Gasteiger partial charge is 0.242 e. The number of morpholine rings is 1. The topological polar surface area (TPSA) is 106 Å². The molecule has 2 heterocycles. The van der Waals surface area contributed by atoms with Crippen molar-refractivity contribution < 1.29 is 18.3 Å². The highest BCUT2D eigenvalue weighted by Crippen LogP contribution is 2.36. The minimum absolute atomic E-state index is 0.0710. The van der Waals surface area contributed by atoms with Crippen molar-refractivity contribution in [2.75, 3.05) is 26.3 Å². The Kier molecular flexibility index (Phi) is 4.96. The molecule has 8 heteroatoms. The molecule has 0 radical (unpaired) electrons. The summed E-state index contributed by atoms with van der Waals surface area (Å²) in [6.07, 6.45) is 0.434. The van der Waals surface area contributed by atoms with Gasteiger partial charge in [0.15, 0.2) is 0 Å². The lowest BCUT2D eigenvalue weighted by Gasteiger charge is -2.32. The van der Waals surface area contributed by atoms with Crippen LogP contribution in [-0.2, 0) is 21.2 Å². The highest BCUT2D eigenvalue weighted by Gasteiger charge is 2.26. The number of nitrogens with two attached hydrogens (primary N) is 1. The van der Waals surface area contributed by atoms with Crippen molar-refractivity contribution in [1.29, 1.82) is 0 Å². The van der Waals surface area contributed by atoms with E-state index in [0.717, 1.165) is 24.0 Å². The van der Waals surface area contributed by atoms with E-state index in [-0.39, 0.29) is 16.7 Å². The second kappa shape index (κ2) is 7.29. The minimum atomic E-state index is -4.11. The highest BCUT2D eigenvalue weighted by molar-refractivity contribution is 7.89. The number of phenols is 1. The first-order valence-corrected chi connectivity index (χ1v) is 10.8. The van der Waals surface area contributed by atoms with Crippen LogP contribution in [0.1, 0.15) is 12.5 Å². The molecular formula is C20H23N3O4S. The molecule has 0 amide bonds. The summed E-state index contributed by atoms with van der Waals surface area (Å²) in [6, 6.07) is 11.1. The fourth-order valence-corrected chi connectivity index (χ4v) is 4.76. The summed E-state index contributed by atoms with van der Waals surface area (Å²) >= 11 is 0. The molecule has 1 fully saturated rings. The number of benzene rings is 2. The molecule has 7 nitrogen and oxygen atoms in total. The van der Waals surface area contributed by atoms with E-state index in [1.807, 2.05) is 31.2 Å². The lowest BCUT2D eigenvalue weighted by Crippen LogP contribution is -2.43. The maximum absolute atomic E-state index is 12.3. The third kappa shape index (κ3) is 3.56. The van der Waals surface area contributed by atoms with Crippen LogP contribution < -0.4 is 5.14 Å². The molecule has 3 aromatic rings. The molecule has 2 aromatic carbocycles. The largest absolute Gasteiger partial charge is 0.506 e. The summed E-state index contributed by atoms with van der Waals surface area (Å²) < 4.78 is 30.0. The van der Waals surface area contributed by atoms with E-state index in [4.69, 9.17) is 9.88 Å². The van der Waals surface area contributed by atoms with Crippen molar-refractivity contribution in [3.8, 4) is 5.75 Å². The number of hydrogen-bond donors (Lipinski definition) is 2. The molecule has 0 bridgehead atoms. The first-order chi connectivity index (χ1) is 13.3. The number of ether oxygens (including phenoxy) is 1. The minimum Gasteiger partial charge on any atom is -0.506 e. The van der Waals surface area contributed by atoms with Gasteiger partial charge in [0, 0.05) is 29.9 Å². The second-order valence-corrected chi connectivity index (χ2v) is 8.71. The number of para-hydroxylation sites is 1. The van der Waals surface area contributed by atoms with Gasteiger partial charge in [-0.05, 0) is 37.1 Å². The molecule has 1 aliphatic rings. The van der Waals surface area contributed by atoms with Crippen LogP contribution in [0.2, 0.25) is 0 Å². The molecule has 1 saturated heterocycles. The summed E-state index contributed by atoms with van der Waals surface area (Å²) in [4.78, 5) is 6.64. The van der Waals surface area contributed by atoms with Crippen molar-refractivity contribution in [1.82, 2.24) is 9.88 Å². The van der Waals surface area contributed by atoms with Gasteiger partial charge in [-0.15, -0.1) is 0 Å². The van der Waals surface area contributed by atoms with Gasteiger partial charge in [0.05, 0.1) is 24.2 Å². The summed E-state index contributed by atoms with van der Waals surface area (Å²) in [5.41, 5.74) is 1.81. The Morgan fingerprint density at radius 1 is 1.21 bits per heavy atom. The monoisotopic (exact) mass is 401 g/mol. The van der Waals surface area contributed by atoms with Gasteiger partial charge in [0.25, 0.3) is 0 Å². The number of rotatable bonds is 4. The van der Waals surface area contributed by atoms with Crippen molar-refractivity contribution in [3.63, 3.8) is 0 Å². The molecule has 0 saturated carbocycles. The van der Waals surface area contributed by atoms with Crippen molar-refractivity contribution >= 4 is 31.8 Å². The fourth-order valence-electron chi connectivity index (χ4n) is 3.87. The summed E-state index contributed by atoms with van der Waals surface area (Å²) in [5.74, 6) is -0.331. The van der Waals surface area contributed by atoms with E-state index in [1.54, 1.807) is 12.1 Å². The maximum Gasteiger partial charge on any atom is 0.242 e. The number of phenolic OH excluding ortho intramolecular Hbond substituents is 1. The van der Waals surface area contributed by atoms with Crippen molar-refractivity contribution in [3.05, 3.63) is 42.0 Å². The van der Waals surface area contributed by atoms with Gasteiger partial charge in [-0.2, -0.15) is 0 Å². The number of sulfonamides is 1. The Bertz CT molecular complexity index is 1140. The summed E-state index contributed by atoms with van der Waals surface area (Å²) in [6.45, 7) is 4.92. The number of hydrogen-bond acceptors (Lipinski definition) is 6. The van der Waals surface area contributed by atoms with Crippen LogP contribution in [0.25, 0.3) is 21.8 Å². The zero-order chi connectivity index (χ0) is 19.9. The molecule has 3 N–H and O–H groups in total. The van der Waals surface area contributed by atoms with Gasteiger partial charge in [-0.1, -0.05) is 18.2 Å². The second-order valence-electron chi connectivity index (χ2n) is 7.21. The van der Waals surface area contributed by atoms with Crippen LogP contribution >= 0.6 is 0 Å². The Labute approximate surface area is 163 Å². The number of aromatic hydroxyl groups is 1. The predicted molar refractivity (Wildman–Crippen MR) is 108 cm³/mol. The quantitative estimate of drug-likeness (QED) is 0.648. The molecule has 0 spiro atoms. The molecule has 1 aliphatic heterocycles. The third-order valence-electron chi connectivity index (χ3n) is 5.30. The van der Waals surface area contributed by atoms with Gasteiger partial charge in [-0.3, -0.25) is 4.90 Å². The SMILES string of the molecule is CC(Cc1cc2nc3ccccc3cc2c(O)c1S(N)(=O)=O)N1CCOCC1. The highest BCUT2D eigenvalue weighted by atomic mass is 32.2. The van der Waals surface area contributed by atoms with E-state index in [1.165, 1.54) is 0 Å². The fraction of sp³-hybridized carbons (Fsp3) is 0.350. The molecule has 0 aliphatic carbocycles. The zero-order valence-corrected chi connectivity index (χ0v) is 16.4. The Balaban J connectivity index is 1.86. The van der Waals surface area contributed by atoms with Gasteiger partial charge in [0.2, 0.25) is 10.0 Å². The Hall–Kier alpha value is -2.26. The molecule has 1 atom stereocenters. The lowest BCUT2D eigenvalue weighted by molar-refractivity contribution is 0.0202. The summed E-state index contributed by atoms with van der Waals surface area (Å²) in [7, 11) is -4.11. The lowest BCUT2D eigenvalue weighted by atomic mass is 10.0. The number of nitrogens with zero attached hydrogens (tertiary/aromatic N) is 2. The molecule has 1 aromatic heterocycles. The average molecular weight is 401 g/mol. The average Bonchev–Trinajstić information content (AvgIpc) is 2.66. The van der Waals surface area contributed by atoms with E-state index < -0.39 is 10.0 Å². The molecular weight excluding hydrogens is 378 g/mol. The first kappa shape index (κ1) is 19.1. The van der Waals surface area contributed by atoms with Gasteiger partial charge in [-0.25, -0.2) is 18.5 Å². The van der Waals surface area contributed by atoms with Crippen LogP contribution in [0.15, 0.2) is 41.3 Å². The molecule has 28 heavy (non-hydrogen) atoms. The van der Waals surface area contributed by atoms with E-state index in [2.05, 4.69) is 9.88 Å². The molecule has 4 rings (SSSR count). The number of aromatic nitrogens is 1. The van der Waals surface area contributed by atoms with Crippen molar-refractivity contribution in [2.24, 2.45) is 5.14 Å². The number of primary sulfonamides is 1. The van der Waals surface area contributed by atoms with Gasteiger partial charge in [0.1, 0.15) is 10.6 Å². The Morgan fingerprint density at radius 2 is 1.93 bits per heavy atom. The molecule has 148 valence electrons. The third-order valence-corrected chi connectivity index (χ3v) is 6.32. The van der Waals surface area contributed by atoms with Gasteiger partial charge >= 0.3 is 0 Å². The zero-order valence-electron chi connectivity index (χ0n) is 15.6. The maximum atomic E-state index is 12.3. The van der Waals surface area contributed by atoms with E-state index >= 15 is 0 Å². The number of fused-ring (bicyclic) bond motifs is 2.